The summed E-state index contributed by atoms with van der Waals surface area (Å²) in [5, 5.41) is 11.0. The molecule has 2 atom stereocenters. The third kappa shape index (κ3) is 5.39. The van der Waals surface area contributed by atoms with Crippen molar-refractivity contribution in [3.63, 3.8) is 0 Å². The Bertz CT molecular complexity index is 441. The maximum atomic E-state index is 11.0. The first-order valence-corrected chi connectivity index (χ1v) is 8.25. The number of hydrogen-bond donors (Lipinski definition) is 1. The largest absolute Gasteiger partial charge is 0.544 e. The fourth-order valence-corrected chi connectivity index (χ4v) is 2.71. The Morgan fingerprint density at radius 2 is 2.09 bits per heavy atom. The Labute approximate surface area is 133 Å². The van der Waals surface area contributed by atoms with E-state index in [4.69, 9.17) is 5.73 Å². The molecule has 0 saturated heterocycles. The predicted octanol–water partition coefficient (Wildman–Crippen LogP) is 2.05. The quantitative estimate of drug-likeness (QED) is 0.360. The van der Waals surface area contributed by atoms with Crippen LogP contribution in [0.2, 0.25) is 0 Å². The summed E-state index contributed by atoms with van der Waals surface area (Å²) >= 11 is 0. The Balaban J connectivity index is 2.44. The van der Waals surface area contributed by atoms with Crippen LogP contribution in [0.3, 0.4) is 0 Å². The van der Waals surface area contributed by atoms with Gasteiger partial charge in [0, 0.05) is 13.3 Å². The van der Waals surface area contributed by atoms with Crippen molar-refractivity contribution in [3.8, 4) is 0 Å². The maximum Gasteiger partial charge on any atom is 0.209 e. The standard InChI is InChI=1S/C17H29N3O2/c1-3-4-5-6-7-8-9-10-11-16-19-12-13-20(16,15(2)18)14-17(21)22/h8-9,12-13,15H,3-7,10-11,14,18H2,1-2H3/b9-8+. The van der Waals surface area contributed by atoms with Crippen LogP contribution in [-0.4, -0.2) is 29.0 Å². The Morgan fingerprint density at radius 1 is 1.36 bits per heavy atom. The minimum absolute atomic E-state index is 0.0761. The van der Waals surface area contributed by atoms with E-state index >= 15 is 0 Å². The number of carboxylic acid groups (broad SMARTS) is 1. The summed E-state index contributed by atoms with van der Waals surface area (Å²) < 4.78 is 0.0761. The lowest BCUT2D eigenvalue weighted by Gasteiger charge is -2.36. The summed E-state index contributed by atoms with van der Waals surface area (Å²) in [5.41, 5.74) is 6.00. The Morgan fingerprint density at radius 3 is 2.73 bits per heavy atom. The molecule has 1 rings (SSSR count). The molecule has 0 aromatic carbocycles. The third-order valence-electron chi connectivity index (χ3n) is 4.08. The number of allylic oxidation sites excluding steroid dienone is 2. The molecule has 0 aliphatic carbocycles. The summed E-state index contributed by atoms with van der Waals surface area (Å²) in [6, 6.07) is 0. The van der Waals surface area contributed by atoms with Gasteiger partial charge in [-0.05, 0) is 19.3 Å². The van der Waals surface area contributed by atoms with Gasteiger partial charge in [-0.2, -0.15) is 0 Å². The monoisotopic (exact) mass is 307 g/mol. The van der Waals surface area contributed by atoms with Gasteiger partial charge in [-0.3, -0.25) is 5.73 Å². The van der Waals surface area contributed by atoms with E-state index in [1.54, 1.807) is 19.3 Å². The Kier molecular flexibility index (Phi) is 8.06. The SMILES string of the molecule is CCCCCC/C=C/CCC1=NC=C[N+]1(CC(=O)[O-])C(C)N. The molecular formula is C17H29N3O2. The van der Waals surface area contributed by atoms with E-state index in [1.165, 1.54) is 25.7 Å². The molecule has 0 bridgehead atoms. The zero-order valence-corrected chi connectivity index (χ0v) is 13.8. The van der Waals surface area contributed by atoms with Crippen LogP contribution in [0.25, 0.3) is 0 Å². The summed E-state index contributed by atoms with van der Waals surface area (Å²) in [5.74, 6) is -0.308. The van der Waals surface area contributed by atoms with Gasteiger partial charge >= 0.3 is 0 Å². The van der Waals surface area contributed by atoms with E-state index in [9.17, 15) is 9.90 Å². The first kappa shape index (κ1) is 18.6. The average Bonchev–Trinajstić information content (AvgIpc) is 2.85. The summed E-state index contributed by atoms with van der Waals surface area (Å²) in [7, 11) is 0. The lowest BCUT2D eigenvalue weighted by Crippen LogP contribution is -2.60. The van der Waals surface area contributed by atoms with Gasteiger partial charge in [0.2, 0.25) is 5.84 Å². The molecule has 0 amide bonds. The van der Waals surface area contributed by atoms with Crippen LogP contribution < -0.4 is 10.8 Å². The van der Waals surface area contributed by atoms with Crippen molar-refractivity contribution >= 4 is 11.8 Å². The number of hydrogen-bond acceptors (Lipinski definition) is 4. The number of carboxylic acids is 1. The number of aliphatic imine (C=N–C) groups is 1. The van der Waals surface area contributed by atoms with Gasteiger partial charge in [0.15, 0.2) is 0 Å². The Hall–Kier alpha value is -1.46. The number of nitrogens with two attached hydrogens (primary N) is 1. The molecular weight excluding hydrogens is 278 g/mol. The normalized spacial score (nSPS) is 22.2. The van der Waals surface area contributed by atoms with Gasteiger partial charge in [-0.25, -0.2) is 9.48 Å². The lowest BCUT2D eigenvalue weighted by atomic mass is 10.1. The van der Waals surface area contributed by atoms with Crippen LogP contribution in [0.4, 0.5) is 0 Å². The fraction of sp³-hybridized carbons (Fsp3) is 0.647. The first-order chi connectivity index (χ1) is 10.5. The zero-order chi connectivity index (χ0) is 16.4. The van der Waals surface area contributed by atoms with Gasteiger partial charge in [-0.15, -0.1) is 0 Å². The van der Waals surface area contributed by atoms with Crippen molar-refractivity contribution in [1.29, 1.82) is 0 Å². The average molecular weight is 307 g/mol. The van der Waals surface area contributed by atoms with Crippen molar-refractivity contribution in [2.45, 2.75) is 65.0 Å². The van der Waals surface area contributed by atoms with Crippen molar-refractivity contribution in [1.82, 2.24) is 0 Å². The minimum atomic E-state index is -1.11. The number of rotatable bonds is 11. The topological polar surface area (TPSA) is 78.5 Å². The van der Waals surface area contributed by atoms with E-state index in [0.29, 0.717) is 6.42 Å². The number of quaternary nitrogens is 1. The van der Waals surface area contributed by atoms with Crippen molar-refractivity contribution in [2.24, 2.45) is 10.7 Å². The molecule has 0 saturated carbocycles. The van der Waals surface area contributed by atoms with Gasteiger partial charge in [-0.1, -0.05) is 38.3 Å². The van der Waals surface area contributed by atoms with Crippen LogP contribution >= 0.6 is 0 Å². The molecule has 2 N–H and O–H groups in total. The summed E-state index contributed by atoms with van der Waals surface area (Å²) in [6.07, 6.45) is 15.2. The smallest absolute Gasteiger partial charge is 0.209 e. The van der Waals surface area contributed by atoms with E-state index < -0.39 is 5.97 Å². The molecule has 0 fully saturated rings. The highest BCUT2D eigenvalue weighted by atomic mass is 16.4. The number of carbonyl (C=O) groups is 1. The van der Waals surface area contributed by atoms with Crippen LogP contribution in [0, 0.1) is 0 Å². The van der Waals surface area contributed by atoms with E-state index in [-0.39, 0.29) is 17.2 Å². The third-order valence-corrected chi connectivity index (χ3v) is 4.08. The minimum Gasteiger partial charge on any atom is -0.544 e. The number of amidine groups is 1. The lowest BCUT2D eigenvalue weighted by molar-refractivity contribution is -0.808. The highest BCUT2D eigenvalue weighted by Gasteiger charge is 2.38. The number of carbonyl (C=O) groups excluding carboxylic acids is 1. The van der Waals surface area contributed by atoms with Gasteiger partial charge < -0.3 is 9.90 Å². The molecule has 5 nitrogen and oxygen atoms in total. The van der Waals surface area contributed by atoms with Gasteiger partial charge in [0.05, 0.1) is 12.2 Å². The molecule has 1 aliphatic heterocycles. The molecule has 22 heavy (non-hydrogen) atoms. The van der Waals surface area contributed by atoms with Crippen molar-refractivity contribution in [2.75, 3.05) is 6.54 Å². The molecule has 0 aromatic heterocycles. The summed E-state index contributed by atoms with van der Waals surface area (Å²) in [4.78, 5) is 15.4. The number of aliphatic carboxylic acids is 1. The molecule has 1 aliphatic rings. The van der Waals surface area contributed by atoms with Crippen molar-refractivity contribution < 1.29 is 14.4 Å². The molecule has 5 heteroatoms. The predicted molar refractivity (Wildman–Crippen MR) is 87.5 cm³/mol. The van der Waals surface area contributed by atoms with Gasteiger partial charge in [0.25, 0.3) is 0 Å². The van der Waals surface area contributed by atoms with Crippen molar-refractivity contribution in [3.05, 3.63) is 24.6 Å². The molecule has 2 unspecified atom stereocenters. The first-order valence-electron chi connectivity index (χ1n) is 8.25. The second kappa shape index (κ2) is 9.54. The molecule has 1 heterocycles. The van der Waals surface area contributed by atoms with Crippen LogP contribution in [-0.2, 0) is 4.79 Å². The second-order valence-corrected chi connectivity index (χ2v) is 5.90. The van der Waals surface area contributed by atoms with Crippen LogP contribution in [0.1, 0.15) is 58.8 Å². The molecule has 0 spiro atoms. The molecule has 0 radical (unpaired) electrons. The maximum absolute atomic E-state index is 11.0. The number of nitrogens with zero attached hydrogens (tertiary/aromatic N) is 2. The molecule has 0 aromatic rings. The second-order valence-electron chi connectivity index (χ2n) is 5.90. The van der Waals surface area contributed by atoms with Gasteiger partial charge in [0.1, 0.15) is 18.9 Å². The molecule has 124 valence electrons. The fourth-order valence-electron chi connectivity index (χ4n) is 2.71. The van der Waals surface area contributed by atoms with Crippen LogP contribution in [0.5, 0.6) is 0 Å². The highest BCUT2D eigenvalue weighted by Crippen LogP contribution is 2.22. The van der Waals surface area contributed by atoms with E-state index in [0.717, 1.165) is 18.7 Å². The number of unbranched alkanes of at least 4 members (excludes halogenated alkanes) is 4. The van der Waals surface area contributed by atoms with Crippen LogP contribution in [0.15, 0.2) is 29.5 Å². The van der Waals surface area contributed by atoms with E-state index in [2.05, 4.69) is 24.1 Å². The highest BCUT2D eigenvalue weighted by molar-refractivity contribution is 5.81. The summed E-state index contributed by atoms with van der Waals surface area (Å²) in [6.45, 7) is 3.85. The van der Waals surface area contributed by atoms with E-state index in [1.807, 2.05) is 0 Å². The zero-order valence-electron chi connectivity index (χ0n) is 13.8.